The lowest BCUT2D eigenvalue weighted by Crippen LogP contribution is -2.48. The summed E-state index contributed by atoms with van der Waals surface area (Å²) in [5, 5.41) is 7.69. The number of carbonyl (C=O) groups is 1. The number of nitrogens with two attached hydrogens (primary N) is 1. The molecule has 0 aliphatic carbocycles. The Morgan fingerprint density at radius 1 is 1.69 bits per heavy atom. The third-order valence-electron chi connectivity index (χ3n) is 2.24. The number of urea groups is 1. The molecule has 1 aromatic heterocycles. The van der Waals surface area contributed by atoms with Gasteiger partial charge in [-0.3, -0.25) is 0 Å². The van der Waals surface area contributed by atoms with Gasteiger partial charge in [-0.25, -0.2) is 4.79 Å². The topological polar surface area (TPSA) is 72.1 Å². The molecule has 1 unspecified atom stereocenters. The minimum Gasteiger partial charge on any atom is -0.351 e. The molecule has 5 heteroatoms. The lowest BCUT2D eigenvalue weighted by atomic mass is 10.0. The second-order valence-electron chi connectivity index (χ2n) is 2.98. The molecule has 1 aromatic rings. The van der Waals surface area contributed by atoms with Crippen molar-refractivity contribution >= 4 is 6.03 Å². The smallest absolute Gasteiger partial charge is 0.315 e. The Morgan fingerprint density at radius 3 is 3.00 bits per heavy atom. The maximum Gasteiger partial charge on any atom is 0.315 e. The SMILES string of the molecule is NC(=O)N1CCC1c1cccnn1. The molecule has 0 spiro atoms. The van der Waals surface area contributed by atoms with Gasteiger partial charge in [0.1, 0.15) is 0 Å². The normalized spacial score (nSPS) is 20.9. The summed E-state index contributed by atoms with van der Waals surface area (Å²) < 4.78 is 0. The fourth-order valence-corrected chi connectivity index (χ4v) is 1.45. The molecule has 1 fully saturated rings. The molecule has 0 saturated carbocycles. The van der Waals surface area contributed by atoms with Crippen molar-refractivity contribution in [2.75, 3.05) is 6.54 Å². The van der Waals surface area contributed by atoms with Gasteiger partial charge in [0.2, 0.25) is 0 Å². The van der Waals surface area contributed by atoms with E-state index in [0.717, 1.165) is 18.7 Å². The summed E-state index contributed by atoms with van der Waals surface area (Å²) in [5.74, 6) is 0. The van der Waals surface area contributed by atoms with Crippen LogP contribution in [0.5, 0.6) is 0 Å². The van der Waals surface area contributed by atoms with E-state index in [1.165, 1.54) is 0 Å². The Hall–Kier alpha value is -1.65. The molecule has 2 N–H and O–H groups in total. The number of hydrogen-bond acceptors (Lipinski definition) is 3. The molecule has 0 aromatic carbocycles. The van der Waals surface area contributed by atoms with Crippen molar-refractivity contribution in [1.82, 2.24) is 15.1 Å². The zero-order valence-corrected chi connectivity index (χ0v) is 7.05. The van der Waals surface area contributed by atoms with Crippen molar-refractivity contribution in [3.05, 3.63) is 24.0 Å². The lowest BCUT2D eigenvalue weighted by Gasteiger charge is -2.38. The third-order valence-corrected chi connectivity index (χ3v) is 2.24. The van der Waals surface area contributed by atoms with E-state index in [9.17, 15) is 4.79 Å². The van der Waals surface area contributed by atoms with Gasteiger partial charge in [0.15, 0.2) is 0 Å². The molecular weight excluding hydrogens is 168 g/mol. The van der Waals surface area contributed by atoms with Crippen LogP contribution in [0.25, 0.3) is 0 Å². The predicted octanol–water partition coefficient (Wildman–Crippen LogP) is 0.302. The summed E-state index contributed by atoms with van der Waals surface area (Å²) in [6, 6.07) is 3.31. The number of hydrogen-bond donors (Lipinski definition) is 1. The van der Waals surface area contributed by atoms with E-state index in [2.05, 4.69) is 10.2 Å². The number of primary amides is 1. The van der Waals surface area contributed by atoms with Gasteiger partial charge in [0.05, 0.1) is 11.7 Å². The van der Waals surface area contributed by atoms with Crippen LogP contribution in [0.15, 0.2) is 18.3 Å². The average Bonchev–Trinajstić information content (AvgIpc) is 2.02. The molecule has 0 radical (unpaired) electrons. The summed E-state index contributed by atoms with van der Waals surface area (Å²) in [6.45, 7) is 0.719. The number of carbonyl (C=O) groups excluding carboxylic acids is 1. The van der Waals surface area contributed by atoms with Gasteiger partial charge in [-0.1, -0.05) is 0 Å². The molecule has 1 aliphatic rings. The van der Waals surface area contributed by atoms with E-state index >= 15 is 0 Å². The first kappa shape index (κ1) is 7.97. The molecule has 5 nitrogen and oxygen atoms in total. The van der Waals surface area contributed by atoms with Crippen molar-refractivity contribution in [3.63, 3.8) is 0 Å². The number of amides is 2. The Morgan fingerprint density at radius 2 is 2.54 bits per heavy atom. The minimum absolute atomic E-state index is 0.0335. The van der Waals surface area contributed by atoms with E-state index in [1.807, 2.05) is 6.07 Å². The molecule has 0 bridgehead atoms. The number of likely N-dealkylation sites (tertiary alicyclic amines) is 1. The third kappa shape index (κ3) is 1.32. The average molecular weight is 178 g/mol. The Bertz CT molecular complexity index is 313. The first-order valence-electron chi connectivity index (χ1n) is 4.12. The van der Waals surface area contributed by atoms with Crippen LogP contribution in [0.2, 0.25) is 0 Å². The summed E-state index contributed by atoms with van der Waals surface area (Å²) >= 11 is 0. The van der Waals surface area contributed by atoms with Gasteiger partial charge in [-0.2, -0.15) is 10.2 Å². The molecule has 1 atom stereocenters. The summed E-state index contributed by atoms with van der Waals surface area (Å²) in [5.41, 5.74) is 5.98. The van der Waals surface area contributed by atoms with Crippen LogP contribution in [-0.4, -0.2) is 27.7 Å². The molecular formula is C8H10N4O. The molecule has 1 aliphatic heterocycles. The number of rotatable bonds is 1. The molecule has 68 valence electrons. The molecule has 13 heavy (non-hydrogen) atoms. The van der Waals surface area contributed by atoms with Crippen LogP contribution in [0, 0.1) is 0 Å². The zero-order valence-electron chi connectivity index (χ0n) is 7.05. The molecule has 2 heterocycles. The van der Waals surface area contributed by atoms with Gasteiger partial charge in [-0.15, -0.1) is 0 Å². The highest BCUT2D eigenvalue weighted by Crippen LogP contribution is 2.30. The van der Waals surface area contributed by atoms with Crippen LogP contribution in [-0.2, 0) is 0 Å². The van der Waals surface area contributed by atoms with Crippen LogP contribution >= 0.6 is 0 Å². The fraction of sp³-hybridized carbons (Fsp3) is 0.375. The van der Waals surface area contributed by atoms with Crippen molar-refractivity contribution in [2.45, 2.75) is 12.5 Å². The minimum atomic E-state index is -0.387. The summed E-state index contributed by atoms with van der Waals surface area (Å²) in [6.07, 6.45) is 2.53. The Balaban J connectivity index is 2.15. The second-order valence-corrected chi connectivity index (χ2v) is 2.98. The van der Waals surface area contributed by atoms with E-state index < -0.39 is 0 Å². The van der Waals surface area contributed by atoms with Gasteiger partial charge >= 0.3 is 6.03 Å². The van der Waals surface area contributed by atoms with Crippen LogP contribution < -0.4 is 5.73 Å². The Labute approximate surface area is 75.6 Å². The first-order valence-corrected chi connectivity index (χ1v) is 4.12. The largest absolute Gasteiger partial charge is 0.351 e. The maximum absolute atomic E-state index is 10.9. The van der Waals surface area contributed by atoms with E-state index in [0.29, 0.717) is 0 Å². The maximum atomic E-state index is 10.9. The van der Waals surface area contributed by atoms with Crippen molar-refractivity contribution in [3.8, 4) is 0 Å². The molecule has 1 saturated heterocycles. The highest BCUT2D eigenvalue weighted by molar-refractivity contribution is 5.73. The van der Waals surface area contributed by atoms with Gasteiger partial charge in [0.25, 0.3) is 0 Å². The van der Waals surface area contributed by atoms with E-state index in [1.54, 1.807) is 17.2 Å². The predicted molar refractivity (Wildman–Crippen MR) is 45.7 cm³/mol. The van der Waals surface area contributed by atoms with E-state index in [-0.39, 0.29) is 12.1 Å². The van der Waals surface area contributed by atoms with Crippen molar-refractivity contribution in [1.29, 1.82) is 0 Å². The van der Waals surface area contributed by atoms with Gasteiger partial charge in [0, 0.05) is 12.7 Å². The summed E-state index contributed by atoms with van der Waals surface area (Å²) in [4.78, 5) is 12.5. The van der Waals surface area contributed by atoms with Crippen LogP contribution in [0.3, 0.4) is 0 Å². The van der Waals surface area contributed by atoms with Crippen molar-refractivity contribution < 1.29 is 4.79 Å². The highest BCUT2D eigenvalue weighted by atomic mass is 16.2. The fourth-order valence-electron chi connectivity index (χ4n) is 1.45. The highest BCUT2D eigenvalue weighted by Gasteiger charge is 2.32. The second kappa shape index (κ2) is 3.01. The van der Waals surface area contributed by atoms with E-state index in [4.69, 9.17) is 5.73 Å². The lowest BCUT2D eigenvalue weighted by molar-refractivity contribution is 0.119. The monoisotopic (exact) mass is 178 g/mol. The molecule has 2 amide bonds. The van der Waals surface area contributed by atoms with Crippen LogP contribution in [0.1, 0.15) is 18.2 Å². The number of aromatic nitrogens is 2. The quantitative estimate of drug-likeness (QED) is 0.672. The van der Waals surface area contributed by atoms with Gasteiger partial charge < -0.3 is 10.6 Å². The molecule has 2 rings (SSSR count). The zero-order chi connectivity index (χ0) is 9.26. The first-order chi connectivity index (χ1) is 6.29. The summed E-state index contributed by atoms with van der Waals surface area (Å²) in [7, 11) is 0. The van der Waals surface area contributed by atoms with Gasteiger partial charge in [-0.05, 0) is 18.6 Å². The van der Waals surface area contributed by atoms with Crippen LogP contribution in [0.4, 0.5) is 4.79 Å². The standard InChI is InChI=1S/C8H10N4O/c9-8(13)12-5-3-7(12)6-2-1-4-10-11-6/h1-2,4,7H,3,5H2,(H2,9,13). The Kier molecular flexibility index (Phi) is 1.84. The van der Waals surface area contributed by atoms with Crippen molar-refractivity contribution in [2.24, 2.45) is 5.73 Å². The number of nitrogens with zero attached hydrogens (tertiary/aromatic N) is 3.